The van der Waals surface area contributed by atoms with E-state index >= 15 is 4.39 Å². The Hall–Kier alpha value is -2.60. The third kappa shape index (κ3) is 5.60. The van der Waals surface area contributed by atoms with E-state index < -0.39 is 0 Å². The Morgan fingerprint density at radius 1 is 1.19 bits per heavy atom. The van der Waals surface area contributed by atoms with E-state index in [1.807, 2.05) is 32.0 Å². The van der Waals surface area contributed by atoms with Gasteiger partial charge in [0.05, 0.1) is 12.3 Å². The van der Waals surface area contributed by atoms with Gasteiger partial charge < -0.3 is 19.4 Å². The molecule has 0 aliphatic carbocycles. The third-order valence-corrected chi connectivity index (χ3v) is 6.05. The molecule has 0 saturated carbocycles. The van der Waals surface area contributed by atoms with Gasteiger partial charge in [0.15, 0.2) is 0 Å². The van der Waals surface area contributed by atoms with Crippen molar-refractivity contribution in [2.75, 3.05) is 43.6 Å². The summed E-state index contributed by atoms with van der Waals surface area (Å²) in [5.74, 6) is 0.310. The number of ether oxygens (including phenoxy) is 1. The van der Waals surface area contributed by atoms with Crippen molar-refractivity contribution in [1.82, 2.24) is 4.90 Å². The number of carbonyl (C=O) groups excluding carboxylic acids is 1. The van der Waals surface area contributed by atoms with Crippen LogP contribution in [0.3, 0.4) is 0 Å². The van der Waals surface area contributed by atoms with Crippen LogP contribution in [-0.2, 0) is 0 Å². The highest BCUT2D eigenvalue weighted by Gasteiger charge is 2.27. The van der Waals surface area contributed by atoms with E-state index in [1.54, 1.807) is 23.1 Å². The average Bonchev–Trinajstić information content (AvgIpc) is 3.25. The van der Waals surface area contributed by atoms with Crippen LogP contribution in [0.2, 0.25) is 0 Å². The number of benzene rings is 2. The van der Waals surface area contributed by atoms with Gasteiger partial charge in [0.2, 0.25) is 0 Å². The normalized spacial score (nSPS) is 16.1. The van der Waals surface area contributed by atoms with Gasteiger partial charge in [0.1, 0.15) is 11.6 Å². The maximum Gasteiger partial charge on any atom is 0.258 e. The summed E-state index contributed by atoms with van der Waals surface area (Å²) in [6, 6.07) is 12.6. The molecule has 1 heterocycles. The zero-order valence-corrected chi connectivity index (χ0v) is 20.0. The van der Waals surface area contributed by atoms with Gasteiger partial charge in [-0.3, -0.25) is 4.79 Å². The van der Waals surface area contributed by atoms with Crippen molar-refractivity contribution in [1.29, 1.82) is 0 Å². The lowest BCUT2D eigenvalue weighted by molar-refractivity contribution is 0.0980. The monoisotopic (exact) mass is 441 g/mol. The smallest absolute Gasteiger partial charge is 0.258 e. The summed E-state index contributed by atoms with van der Waals surface area (Å²) in [7, 11) is 4.12. The van der Waals surface area contributed by atoms with Gasteiger partial charge in [-0.1, -0.05) is 13.3 Å². The Labute approximate surface area is 191 Å². The molecule has 1 aliphatic rings. The third-order valence-electron chi connectivity index (χ3n) is 6.05. The first-order valence-electron chi connectivity index (χ1n) is 11.6. The summed E-state index contributed by atoms with van der Waals surface area (Å²) in [5.41, 5.74) is 1.72. The molecule has 0 aromatic heterocycles. The van der Waals surface area contributed by atoms with Gasteiger partial charge in [-0.05, 0) is 83.2 Å². The molecule has 174 valence electrons. The molecular weight excluding hydrogens is 405 g/mol. The van der Waals surface area contributed by atoms with Gasteiger partial charge in [0.25, 0.3) is 5.91 Å². The number of unbranched alkanes of at least 4 members (excludes halogenated alkanes) is 1. The predicted molar refractivity (Wildman–Crippen MR) is 129 cm³/mol. The van der Waals surface area contributed by atoms with Crippen LogP contribution in [0.5, 0.6) is 5.75 Å². The van der Waals surface area contributed by atoms with E-state index in [0.717, 1.165) is 38.1 Å². The molecule has 6 heteroatoms. The van der Waals surface area contributed by atoms with E-state index in [2.05, 4.69) is 30.8 Å². The maximum atomic E-state index is 15.1. The Bertz CT molecular complexity index is 898. The van der Waals surface area contributed by atoms with Gasteiger partial charge in [-0.25, -0.2) is 4.39 Å². The summed E-state index contributed by atoms with van der Waals surface area (Å²) in [6.07, 6.45) is 3.09. The van der Waals surface area contributed by atoms with Gasteiger partial charge in [0, 0.05) is 36.4 Å². The lowest BCUT2D eigenvalue weighted by Gasteiger charge is -2.28. The number of rotatable bonds is 9. The molecule has 0 bridgehead atoms. The molecule has 1 saturated heterocycles. The number of nitrogens with zero attached hydrogens (tertiary/aromatic N) is 3. The molecule has 5 nitrogen and oxygen atoms in total. The molecule has 0 N–H and O–H groups in total. The first-order valence-corrected chi connectivity index (χ1v) is 11.6. The highest BCUT2D eigenvalue weighted by atomic mass is 19.1. The SMILES string of the molecule is CCCCOc1ccc(C(=O)N(c2ccc(N3CCC(N(C)C)C3)c(F)c2)C(C)C)cc1. The molecule has 1 unspecified atom stereocenters. The Morgan fingerprint density at radius 3 is 2.47 bits per heavy atom. The van der Waals surface area contributed by atoms with Gasteiger partial charge >= 0.3 is 0 Å². The minimum Gasteiger partial charge on any atom is -0.494 e. The number of halogens is 1. The second-order valence-electron chi connectivity index (χ2n) is 8.98. The van der Waals surface area contributed by atoms with Crippen LogP contribution in [0.4, 0.5) is 15.8 Å². The summed E-state index contributed by atoms with van der Waals surface area (Å²) in [6.45, 7) is 8.30. The maximum absolute atomic E-state index is 15.1. The van der Waals surface area contributed by atoms with Crippen molar-refractivity contribution in [3.63, 3.8) is 0 Å². The van der Waals surface area contributed by atoms with Crippen LogP contribution >= 0.6 is 0 Å². The molecular formula is C26H36FN3O2. The summed E-state index contributed by atoms with van der Waals surface area (Å²) >= 11 is 0. The van der Waals surface area contributed by atoms with Crippen LogP contribution in [0, 0.1) is 5.82 Å². The van der Waals surface area contributed by atoms with Crippen molar-refractivity contribution in [3.8, 4) is 5.75 Å². The minimum absolute atomic E-state index is 0.113. The van der Waals surface area contributed by atoms with Crippen LogP contribution in [0.1, 0.15) is 50.4 Å². The van der Waals surface area contributed by atoms with E-state index in [9.17, 15) is 4.79 Å². The summed E-state index contributed by atoms with van der Waals surface area (Å²) in [4.78, 5) is 19.2. The van der Waals surface area contributed by atoms with Crippen LogP contribution in [-0.4, -0.2) is 56.7 Å². The fourth-order valence-corrected chi connectivity index (χ4v) is 4.10. The van der Waals surface area contributed by atoms with E-state index in [0.29, 0.717) is 29.6 Å². The highest BCUT2D eigenvalue weighted by molar-refractivity contribution is 6.06. The molecule has 0 radical (unpaired) electrons. The van der Waals surface area contributed by atoms with E-state index in [4.69, 9.17) is 4.74 Å². The molecule has 0 spiro atoms. The molecule has 32 heavy (non-hydrogen) atoms. The van der Waals surface area contributed by atoms with Crippen molar-refractivity contribution in [3.05, 3.63) is 53.8 Å². The van der Waals surface area contributed by atoms with Crippen molar-refractivity contribution in [2.45, 2.75) is 52.1 Å². The largest absolute Gasteiger partial charge is 0.494 e. The van der Waals surface area contributed by atoms with Crippen LogP contribution in [0.25, 0.3) is 0 Å². The van der Waals surface area contributed by atoms with Gasteiger partial charge in [-0.2, -0.15) is 0 Å². The average molecular weight is 442 g/mol. The zero-order chi connectivity index (χ0) is 23.3. The van der Waals surface area contributed by atoms with E-state index in [1.165, 1.54) is 6.07 Å². The topological polar surface area (TPSA) is 36.0 Å². The number of anilines is 2. The zero-order valence-electron chi connectivity index (χ0n) is 20.0. The fraction of sp³-hybridized carbons (Fsp3) is 0.500. The number of hydrogen-bond acceptors (Lipinski definition) is 4. The van der Waals surface area contributed by atoms with Crippen molar-refractivity contribution < 1.29 is 13.9 Å². The predicted octanol–water partition coefficient (Wildman–Crippen LogP) is 5.20. The first-order chi connectivity index (χ1) is 15.3. The standard InChI is InChI=1S/C26H36FN3O2/c1-6-7-16-32-23-11-8-20(9-12-23)26(31)30(19(2)3)21-10-13-25(24(27)17-21)29-15-14-22(18-29)28(4)5/h8-13,17,19,22H,6-7,14-16,18H2,1-5H3. The molecule has 2 aromatic carbocycles. The molecule has 1 aliphatic heterocycles. The number of amides is 1. The molecule has 2 aromatic rings. The lowest BCUT2D eigenvalue weighted by atomic mass is 10.1. The van der Waals surface area contributed by atoms with Gasteiger partial charge in [-0.15, -0.1) is 0 Å². The molecule has 1 fully saturated rings. The number of hydrogen-bond donors (Lipinski definition) is 0. The fourth-order valence-electron chi connectivity index (χ4n) is 4.10. The number of carbonyl (C=O) groups is 1. The van der Waals surface area contributed by atoms with Crippen LogP contribution < -0.4 is 14.5 Å². The van der Waals surface area contributed by atoms with Crippen molar-refractivity contribution >= 4 is 17.3 Å². The molecule has 1 amide bonds. The van der Waals surface area contributed by atoms with E-state index in [-0.39, 0.29) is 17.8 Å². The minimum atomic E-state index is -0.292. The number of likely N-dealkylation sites (N-methyl/N-ethyl adjacent to an activating group) is 1. The quantitative estimate of drug-likeness (QED) is 0.501. The second-order valence-corrected chi connectivity index (χ2v) is 8.98. The Kier molecular flexibility index (Phi) is 8.13. The summed E-state index contributed by atoms with van der Waals surface area (Å²) < 4.78 is 20.8. The highest BCUT2D eigenvalue weighted by Crippen LogP contribution is 2.30. The molecule has 3 rings (SSSR count). The lowest BCUT2D eigenvalue weighted by Crippen LogP contribution is -2.37. The molecule has 1 atom stereocenters. The summed E-state index contributed by atoms with van der Waals surface area (Å²) in [5, 5.41) is 0. The first kappa shape index (κ1) is 24.1. The second kappa shape index (κ2) is 10.8. The Balaban J connectivity index is 1.76. The van der Waals surface area contributed by atoms with Crippen LogP contribution in [0.15, 0.2) is 42.5 Å². The Morgan fingerprint density at radius 2 is 1.91 bits per heavy atom. The van der Waals surface area contributed by atoms with Crippen molar-refractivity contribution in [2.24, 2.45) is 0 Å².